The van der Waals surface area contributed by atoms with Gasteiger partial charge in [-0.15, -0.1) is 0 Å². The molecule has 0 N–H and O–H groups in total. The third-order valence-corrected chi connectivity index (χ3v) is 4.01. The Labute approximate surface area is 122 Å². The van der Waals surface area contributed by atoms with E-state index < -0.39 is 0 Å². The van der Waals surface area contributed by atoms with E-state index >= 15 is 0 Å². The molecule has 1 aromatic heterocycles. The number of benzene rings is 1. The van der Waals surface area contributed by atoms with Crippen molar-refractivity contribution in [3.8, 4) is 5.75 Å². The Kier molecular flexibility index (Phi) is 2.98. The quantitative estimate of drug-likeness (QED) is 0.863. The zero-order valence-electron chi connectivity index (χ0n) is 11.7. The molecule has 1 saturated carbocycles. The number of hydrogen-bond donors (Lipinski definition) is 0. The van der Waals surface area contributed by atoms with Gasteiger partial charge in [0.2, 0.25) is 11.7 Å². The van der Waals surface area contributed by atoms with E-state index in [0.717, 1.165) is 36.8 Å². The molecule has 0 amide bonds. The fourth-order valence-electron chi connectivity index (χ4n) is 2.67. The first-order valence-corrected chi connectivity index (χ1v) is 7.41. The van der Waals surface area contributed by atoms with Gasteiger partial charge < -0.3 is 9.26 Å². The second-order valence-electron chi connectivity index (χ2n) is 5.71. The van der Waals surface area contributed by atoms with Gasteiger partial charge >= 0.3 is 0 Å². The molecule has 0 unspecified atom stereocenters. The van der Waals surface area contributed by atoms with Gasteiger partial charge in [-0.1, -0.05) is 11.2 Å². The number of carbonyl (C=O) groups excluding carboxylic acids is 1. The normalized spacial score (nSPS) is 17.6. The van der Waals surface area contributed by atoms with E-state index in [1.807, 2.05) is 18.2 Å². The van der Waals surface area contributed by atoms with Crippen molar-refractivity contribution in [1.82, 2.24) is 10.1 Å². The summed E-state index contributed by atoms with van der Waals surface area (Å²) in [6, 6.07) is 5.71. The van der Waals surface area contributed by atoms with E-state index in [2.05, 4.69) is 10.1 Å². The van der Waals surface area contributed by atoms with Gasteiger partial charge in [0, 0.05) is 17.9 Å². The predicted molar refractivity (Wildman–Crippen MR) is 74.3 cm³/mol. The van der Waals surface area contributed by atoms with Crippen LogP contribution in [0.15, 0.2) is 22.7 Å². The average molecular weight is 284 g/mol. The summed E-state index contributed by atoms with van der Waals surface area (Å²) in [5.74, 6) is 2.61. The van der Waals surface area contributed by atoms with Crippen LogP contribution in [-0.4, -0.2) is 15.9 Å². The predicted octanol–water partition coefficient (Wildman–Crippen LogP) is 3.05. The monoisotopic (exact) mass is 284 g/mol. The minimum Gasteiger partial charge on any atom is -0.485 e. The lowest BCUT2D eigenvalue weighted by atomic mass is 9.90. The maximum Gasteiger partial charge on any atom is 0.229 e. The van der Waals surface area contributed by atoms with Crippen molar-refractivity contribution in [2.24, 2.45) is 0 Å². The van der Waals surface area contributed by atoms with Crippen LogP contribution in [0.2, 0.25) is 0 Å². The largest absolute Gasteiger partial charge is 0.485 e. The minimum atomic E-state index is 0.206. The molecule has 4 rings (SSSR count). The molecule has 1 heterocycles. The summed E-state index contributed by atoms with van der Waals surface area (Å²) in [6.45, 7) is 0.267. The number of carbonyl (C=O) groups is 1. The lowest BCUT2D eigenvalue weighted by Crippen LogP contribution is -2.11. The first kappa shape index (κ1) is 12.6. The molecule has 0 radical (unpaired) electrons. The molecule has 21 heavy (non-hydrogen) atoms. The van der Waals surface area contributed by atoms with Crippen LogP contribution in [0.4, 0.5) is 0 Å². The maximum atomic E-state index is 11.9. The van der Waals surface area contributed by atoms with E-state index in [-0.39, 0.29) is 12.4 Å². The van der Waals surface area contributed by atoms with Gasteiger partial charge in [0.1, 0.15) is 5.75 Å². The molecule has 1 aromatic carbocycles. The van der Waals surface area contributed by atoms with Crippen LogP contribution < -0.4 is 4.74 Å². The third kappa shape index (κ3) is 2.55. The van der Waals surface area contributed by atoms with Crippen LogP contribution >= 0.6 is 0 Å². The number of ether oxygens (including phenoxy) is 1. The van der Waals surface area contributed by atoms with Crippen LogP contribution in [0.1, 0.15) is 59.2 Å². The highest BCUT2D eigenvalue weighted by Crippen LogP contribution is 2.38. The number of nitrogens with zero attached hydrogens (tertiary/aromatic N) is 2. The number of rotatable bonds is 4. The lowest BCUT2D eigenvalue weighted by molar-refractivity contribution is 0.0972. The molecule has 0 aliphatic heterocycles. The second-order valence-corrected chi connectivity index (χ2v) is 5.71. The summed E-state index contributed by atoms with van der Waals surface area (Å²) in [4.78, 5) is 16.2. The van der Waals surface area contributed by atoms with Gasteiger partial charge in [-0.2, -0.15) is 4.98 Å². The summed E-state index contributed by atoms with van der Waals surface area (Å²) in [5, 5.41) is 3.92. The van der Waals surface area contributed by atoms with Crippen molar-refractivity contribution in [2.75, 3.05) is 0 Å². The van der Waals surface area contributed by atoms with Crippen LogP contribution in [-0.2, 0) is 13.0 Å². The van der Waals surface area contributed by atoms with Crippen molar-refractivity contribution in [2.45, 2.75) is 44.6 Å². The zero-order chi connectivity index (χ0) is 14.2. The number of aryl methyl sites for hydroxylation is 1. The third-order valence-electron chi connectivity index (χ3n) is 4.01. The Bertz CT molecular complexity index is 689. The van der Waals surface area contributed by atoms with Gasteiger partial charge in [-0.25, -0.2) is 0 Å². The number of ketones is 1. The van der Waals surface area contributed by atoms with Crippen molar-refractivity contribution >= 4 is 5.78 Å². The van der Waals surface area contributed by atoms with Gasteiger partial charge in [0.25, 0.3) is 0 Å². The highest BCUT2D eigenvalue weighted by atomic mass is 16.5. The Morgan fingerprint density at radius 1 is 1.29 bits per heavy atom. The summed E-state index contributed by atoms with van der Waals surface area (Å²) in [5.41, 5.74) is 1.92. The first-order valence-electron chi connectivity index (χ1n) is 7.41. The zero-order valence-corrected chi connectivity index (χ0v) is 11.7. The Balaban J connectivity index is 1.46. The van der Waals surface area contributed by atoms with Crippen LogP contribution in [0, 0.1) is 0 Å². The molecule has 0 saturated heterocycles. The maximum absolute atomic E-state index is 11.9. The highest BCUT2D eigenvalue weighted by molar-refractivity contribution is 5.98. The lowest BCUT2D eigenvalue weighted by Gasteiger charge is -2.15. The molecule has 5 heteroatoms. The minimum absolute atomic E-state index is 0.206. The molecule has 2 aromatic rings. The first-order chi connectivity index (χ1) is 10.3. The van der Waals surface area contributed by atoms with Gasteiger partial charge in [-0.3, -0.25) is 4.79 Å². The smallest absolute Gasteiger partial charge is 0.229 e. The van der Waals surface area contributed by atoms with Crippen LogP contribution in [0.5, 0.6) is 5.75 Å². The summed E-state index contributed by atoms with van der Waals surface area (Å²) in [7, 11) is 0. The van der Waals surface area contributed by atoms with E-state index in [1.165, 1.54) is 0 Å². The van der Waals surface area contributed by atoms with E-state index in [4.69, 9.17) is 9.26 Å². The molecule has 108 valence electrons. The van der Waals surface area contributed by atoms with Crippen LogP contribution in [0.25, 0.3) is 0 Å². The second kappa shape index (κ2) is 4.98. The van der Waals surface area contributed by atoms with Gasteiger partial charge in [0.15, 0.2) is 12.4 Å². The molecule has 0 bridgehead atoms. The SMILES string of the molecule is O=C1CCCc2ccc(OCc3noc(C4CC4)n3)cc21. The Hall–Kier alpha value is -2.17. The Morgan fingerprint density at radius 3 is 3.05 bits per heavy atom. The molecule has 0 atom stereocenters. The summed E-state index contributed by atoms with van der Waals surface area (Å²) >= 11 is 0. The molecule has 1 fully saturated rings. The molecule has 2 aliphatic carbocycles. The number of aromatic nitrogens is 2. The fourth-order valence-corrected chi connectivity index (χ4v) is 2.67. The molecular formula is C16H16N2O3. The van der Waals surface area contributed by atoms with Crippen molar-refractivity contribution in [1.29, 1.82) is 0 Å². The van der Waals surface area contributed by atoms with Crippen molar-refractivity contribution in [3.05, 3.63) is 41.0 Å². The topological polar surface area (TPSA) is 65.2 Å². The van der Waals surface area contributed by atoms with Gasteiger partial charge in [-0.05, 0) is 43.4 Å². The fraction of sp³-hybridized carbons (Fsp3) is 0.438. The Morgan fingerprint density at radius 2 is 2.19 bits per heavy atom. The van der Waals surface area contributed by atoms with E-state index in [9.17, 15) is 4.79 Å². The average Bonchev–Trinajstić information content (AvgIpc) is 3.25. The molecule has 5 nitrogen and oxygen atoms in total. The van der Waals surface area contributed by atoms with E-state index in [1.54, 1.807) is 0 Å². The summed E-state index contributed by atoms with van der Waals surface area (Å²) < 4.78 is 10.9. The standard InChI is InChI=1S/C16H16N2O3/c19-14-3-1-2-10-6-7-12(8-13(10)14)20-9-15-17-16(21-18-15)11-4-5-11/h6-8,11H,1-5,9H2. The number of Topliss-reactive ketones (excluding diaryl/α,β-unsaturated/α-hetero) is 1. The van der Waals surface area contributed by atoms with Crippen molar-refractivity contribution < 1.29 is 14.1 Å². The van der Waals surface area contributed by atoms with Crippen molar-refractivity contribution in [3.63, 3.8) is 0 Å². The molecule has 0 spiro atoms. The highest BCUT2D eigenvalue weighted by Gasteiger charge is 2.29. The number of hydrogen-bond acceptors (Lipinski definition) is 5. The van der Waals surface area contributed by atoms with Gasteiger partial charge in [0.05, 0.1) is 0 Å². The summed E-state index contributed by atoms with van der Waals surface area (Å²) in [6.07, 6.45) is 4.81. The number of fused-ring (bicyclic) bond motifs is 1. The molecular weight excluding hydrogens is 268 g/mol. The molecule has 2 aliphatic rings. The van der Waals surface area contributed by atoms with E-state index in [0.29, 0.717) is 29.8 Å². The van der Waals surface area contributed by atoms with Crippen LogP contribution in [0.3, 0.4) is 0 Å².